The van der Waals surface area contributed by atoms with Crippen LogP contribution in [0.2, 0.25) is 0 Å². The fourth-order valence-corrected chi connectivity index (χ4v) is 9.31. The van der Waals surface area contributed by atoms with Gasteiger partial charge in [-0.3, -0.25) is 0 Å². The second-order valence-electron chi connectivity index (χ2n) is 12.4. The highest BCUT2D eigenvalue weighted by molar-refractivity contribution is 7.97. The van der Waals surface area contributed by atoms with Gasteiger partial charge in [-0.05, 0) is 95.6 Å². The minimum absolute atomic E-state index is 0.186. The molecule has 0 amide bonds. The zero-order valence-electron chi connectivity index (χ0n) is 24.0. The Hall–Kier alpha value is -2.47. The Balaban J connectivity index is 1.16. The summed E-state index contributed by atoms with van der Waals surface area (Å²) >= 11 is 1.62. The van der Waals surface area contributed by atoms with Crippen LogP contribution < -0.4 is 10.4 Å². The van der Waals surface area contributed by atoms with Crippen LogP contribution in [0, 0.1) is 11.2 Å². The van der Waals surface area contributed by atoms with E-state index in [9.17, 15) is 23.1 Å². The van der Waals surface area contributed by atoms with Crippen LogP contribution >= 0.6 is 11.9 Å². The minimum atomic E-state index is -3.47. The van der Waals surface area contributed by atoms with Gasteiger partial charge < -0.3 is 15.2 Å². The molecule has 6 rings (SSSR count). The molecule has 0 bridgehead atoms. The Morgan fingerprint density at radius 1 is 0.976 bits per heavy atom. The summed E-state index contributed by atoms with van der Waals surface area (Å²) < 4.78 is 44.1. The van der Waals surface area contributed by atoms with Gasteiger partial charge in [0.15, 0.2) is 15.7 Å². The Labute approximate surface area is 251 Å². The van der Waals surface area contributed by atoms with Gasteiger partial charge in [0.2, 0.25) is 0 Å². The molecule has 2 fully saturated rings. The van der Waals surface area contributed by atoms with Gasteiger partial charge in [-0.25, -0.2) is 17.1 Å². The highest BCUT2D eigenvalue weighted by atomic mass is 32.2. The molecule has 10 heteroatoms. The Morgan fingerprint density at radius 3 is 2.31 bits per heavy atom. The van der Waals surface area contributed by atoms with Crippen molar-refractivity contribution in [2.45, 2.75) is 67.2 Å². The Bertz CT molecular complexity index is 1580. The van der Waals surface area contributed by atoms with Crippen molar-refractivity contribution >= 4 is 27.5 Å². The van der Waals surface area contributed by atoms with Gasteiger partial charge in [0.05, 0.1) is 28.5 Å². The number of anilines is 1. The van der Waals surface area contributed by atoms with Gasteiger partial charge >= 0.3 is 0 Å². The van der Waals surface area contributed by atoms with Gasteiger partial charge in [-0.2, -0.15) is 5.48 Å². The number of fused-ring (bicyclic) bond motifs is 3. The molecule has 1 saturated carbocycles. The number of sulfone groups is 1. The van der Waals surface area contributed by atoms with Crippen molar-refractivity contribution in [3.8, 4) is 11.1 Å². The number of hydrogen-bond donors (Lipinski definition) is 3. The van der Waals surface area contributed by atoms with Crippen molar-refractivity contribution in [1.29, 1.82) is 0 Å². The van der Waals surface area contributed by atoms with Crippen LogP contribution in [0.1, 0.15) is 62.3 Å². The summed E-state index contributed by atoms with van der Waals surface area (Å²) in [5.74, 6) is -0.361. The number of aliphatic hydroxyl groups is 1. The fraction of sp³-hybridized carbons (Fsp3) is 0.438. The lowest BCUT2D eigenvalue weighted by Gasteiger charge is -2.35. The number of rotatable bonds is 7. The van der Waals surface area contributed by atoms with E-state index in [1.807, 2.05) is 17.0 Å². The van der Waals surface area contributed by atoms with E-state index < -0.39 is 15.9 Å². The number of nitrogens with one attached hydrogen (secondary N) is 1. The third kappa shape index (κ3) is 5.49. The third-order valence-electron chi connectivity index (χ3n) is 9.18. The molecule has 1 aliphatic heterocycles. The maximum atomic E-state index is 14.7. The molecular weight excluding hydrogens is 574 g/mol. The summed E-state index contributed by atoms with van der Waals surface area (Å²) in [4.78, 5) is 3.35. The summed E-state index contributed by atoms with van der Waals surface area (Å²) in [5.41, 5.74) is 7.04. The predicted molar refractivity (Wildman–Crippen MR) is 164 cm³/mol. The molecule has 3 aromatic rings. The summed E-state index contributed by atoms with van der Waals surface area (Å²) in [7, 11) is -3.47. The van der Waals surface area contributed by atoms with E-state index >= 15 is 0 Å². The number of hydrogen-bond acceptors (Lipinski definition) is 8. The van der Waals surface area contributed by atoms with Gasteiger partial charge in [0.1, 0.15) is 0 Å². The number of hydroxylamine groups is 1. The maximum Gasteiger partial charge on any atom is 0.181 e. The zero-order valence-corrected chi connectivity index (χ0v) is 25.6. The summed E-state index contributed by atoms with van der Waals surface area (Å²) in [6.07, 6.45) is 3.15. The van der Waals surface area contributed by atoms with E-state index in [0.717, 1.165) is 53.1 Å². The van der Waals surface area contributed by atoms with Crippen molar-refractivity contribution in [3.63, 3.8) is 0 Å². The topological polar surface area (TPSA) is 93.1 Å². The number of piperazine rings is 1. The van der Waals surface area contributed by atoms with Gasteiger partial charge in [-0.15, -0.1) is 0 Å². The molecule has 224 valence electrons. The molecule has 1 saturated heterocycles. The van der Waals surface area contributed by atoms with Crippen LogP contribution in [-0.2, 0) is 16.4 Å². The highest BCUT2D eigenvalue weighted by Gasteiger charge is 2.37. The fourth-order valence-electron chi connectivity index (χ4n) is 6.57. The summed E-state index contributed by atoms with van der Waals surface area (Å²) in [5, 5.41) is 19.2. The van der Waals surface area contributed by atoms with Crippen LogP contribution in [0.4, 0.5) is 10.1 Å². The normalized spacial score (nSPS) is 20.9. The molecule has 0 spiro atoms. The largest absolute Gasteiger partial charge is 0.392 e. The molecular formula is C32H38FN3O4S2. The number of aliphatic hydroxyl groups excluding tert-OH is 1. The van der Waals surface area contributed by atoms with Crippen molar-refractivity contribution in [2.75, 3.05) is 31.1 Å². The first-order valence-electron chi connectivity index (χ1n) is 14.6. The van der Waals surface area contributed by atoms with E-state index in [1.54, 1.807) is 42.3 Å². The first-order valence-corrected chi connectivity index (χ1v) is 16.9. The smallest absolute Gasteiger partial charge is 0.181 e. The monoisotopic (exact) mass is 611 g/mol. The lowest BCUT2D eigenvalue weighted by molar-refractivity contribution is 0.142. The second-order valence-corrected chi connectivity index (χ2v) is 15.8. The van der Waals surface area contributed by atoms with E-state index in [0.29, 0.717) is 42.1 Å². The van der Waals surface area contributed by atoms with Crippen LogP contribution in [0.3, 0.4) is 0 Å². The van der Waals surface area contributed by atoms with E-state index in [2.05, 4.69) is 35.8 Å². The van der Waals surface area contributed by atoms with Crippen molar-refractivity contribution in [2.24, 2.45) is 5.41 Å². The standard InChI is InChI=1S/C32H38FN3O4S2/c1-32(2)12-10-23(11-13-32)42(39,40)24-7-9-26-25-8-6-22(18-27(25)31(34-38)28(26)19-24)41-36-16-14-35(15-17-36)29-5-3-4-21(20-37)30(29)33/h3-9,18-19,23,31,34,37-38H,10-17,20H2,1-2H3. The molecule has 1 atom stereocenters. The molecule has 3 N–H and O–H groups in total. The predicted octanol–water partition coefficient (Wildman–Crippen LogP) is 5.94. The molecule has 1 unspecified atom stereocenters. The van der Waals surface area contributed by atoms with Crippen LogP contribution in [0.15, 0.2) is 64.4 Å². The van der Waals surface area contributed by atoms with Gasteiger partial charge in [-0.1, -0.05) is 38.1 Å². The van der Waals surface area contributed by atoms with Crippen LogP contribution in [0.25, 0.3) is 11.1 Å². The quantitative estimate of drug-likeness (QED) is 0.223. The molecule has 2 aliphatic carbocycles. The molecule has 1 heterocycles. The average molecular weight is 612 g/mol. The Morgan fingerprint density at radius 2 is 1.64 bits per heavy atom. The lowest BCUT2D eigenvalue weighted by atomic mass is 9.77. The zero-order chi connectivity index (χ0) is 29.6. The average Bonchev–Trinajstić information content (AvgIpc) is 3.29. The van der Waals surface area contributed by atoms with E-state index in [-0.39, 0.29) is 23.1 Å². The first kappa shape index (κ1) is 29.6. The molecule has 0 radical (unpaired) electrons. The van der Waals surface area contributed by atoms with Gasteiger partial charge in [0.25, 0.3) is 0 Å². The highest BCUT2D eigenvalue weighted by Crippen LogP contribution is 2.47. The maximum absolute atomic E-state index is 14.7. The van der Waals surface area contributed by atoms with E-state index in [4.69, 9.17) is 0 Å². The SMILES string of the molecule is CC1(C)CCC(S(=O)(=O)c2ccc3c(c2)C(NO)c2cc(SN4CCN(c5cccc(CO)c5F)CC4)ccc2-3)CC1. The molecule has 3 aromatic carbocycles. The summed E-state index contributed by atoms with van der Waals surface area (Å²) in [6, 6.07) is 16.1. The summed E-state index contributed by atoms with van der Waals surface area (Å²) in [6.45, 7) is 6.85. The molecule has 42 heavy (non-hydrogen) atoms. The number of benzene rings is 3. The number of halogens is 1. The van der Waals surface area contributed by atoms with E-state index in [1.165, 1.54) is 0 Å². The number of nitrogens with zero attached hydrogens (tertiary/aromatic N) is 2. The third-order valence-corrected chi connectivity index (χ3v) is 12.5. The molecule has 3 aliphatic rings. The van der Waals surface area contributed by atoms with Gasteiger partial charge in [0, 0.05) is 36.6 Å². The van der Waals surface area contributed by atoms with Crippen LogP contribution in [-0.4, -0.2) is 54.5 Å². The molecule has 0 aromatic heterocycles. The second kappa shape index (κ2) is 11.6. The first-order chi connectivity index (χ1) is 20.1. The van der Waals surface area contributed by atoms with Crippen molar-refractivity contribution in [1.82, 2.24) is 9.79 Å². The minimum Gasteiger partial charge on any atom is -0.392 e. The van der Waals surface area contributed by atoms with Crippen molar-refractivity contribution < 1.29 is 23.1 Å². The Kier molecular flexibility index (Phi) is 8.14. The molecule has 7 nitrogen and oxygen atoms in total. The lowest BCUT2D eigenvalue weighted by Crippen LogP contribution is -2.43. The van der Waals surface area contributed by atoms with Crippen LogP contribution in [0.5, 0.6) is 0 Å². The van der Waals surface area contributed by atoms with Crippen molar-refractivity contribution in [3.05, 3.63) is 77.1 Å².